The van der Waals surface area contributed by atoms with Gasteiger partial charge in [0.05, 0.1) is 6.42 Å². The van der Waals surface area contributed by atoms with Gasteiger partial charge in [0.2, 0.25) is 11.8 Å². The lowest BCUT2D eigenvalue weighted by molar-refractivity contribution is -0.137. The molecule has 24 heavy (non-hydrogen) atoms. The number of hydrogen-bond acceptors (Lipinski definition) is 3. The third-order valence-electron chi connectivity index (χ3n) is 5.31. The average molecular weight is 332 g/mol. The Balaban J connectivity index is 1.90. The molecule has 2 amide bonds. The van der Waals surface area contributed by atoms with Crippen LogP contribution in [0.2, 0.25) is 0 Å². The highest BCUT2D eigenvalue weighted by atomic mass is 16.4. The molecule has 0 radical (unpaired) electrons. The number of carbonyl (C=O) groups excluding carboxylic acids is 2. The zero-order valence-electron chi connectivity index (χ0n) is 14.5. The van der Waals surface area contributed by atoms with Crippen LogP contribution in [0.15, 0.2) is 24.3 Å². The van der Waals surface area contributed by atoms with Gasteiger partial charge in [0.1, 0.15) is 6.54 Å². The fourth-order valence-corrected chi connectivity index (χ4v) is 3.19. The Labute approximate surface area is 141 Å². The zero-order valence-corrected chi connectivity index (χ0v) is 14.5. The summed E-state index contributed by atoms with van der Waals surface area (Å²) in [6.07, 6.45) is 0.101. The molecule has 0 heterocycles. The molecule has 1 saturated carbocycles. The third-order valence-corrected chi connectivity index (χ3v) is 5.31. The lowest BCUT2D eigenvalue weighted by Gasteiger charge is -2.08. The predicted molar refractivity (Wildman–Crippen MR) is 90.5 cm³/mol. The number of carboxylic acids is 1. The Morgan fingerprint density at radius 3 is 2.04 bits per heavy atom. The molecule has 0 aromatic heterocycles. The highest BCUT2D eigenvalue weighted by Gasteiger charge is 2.68. The van der Waals surface area contributed by atoms with Crippen molar-refractivity contribution in [2.24, 2.45) is 16.7 Å². The van der Waals surface area contributed by atoms with Crippen molar-refractivity contribution < 1.29 is 19.5 Å². The van der Waals surface area contributed by atoms with Crippen molar-refractivity contribution in [1.29, 1.82) is 0 Å². The van der Waals surface area contributed by atoms with Crippen LogP contribution >= 0.6 is 0 Å². The van der Waals surface area contributed by atoms with Crippen molar-refractivity contribution in [3.05, 3.63) is 29.8 Å². The number of nitrogens with one attached hydrogen (secondary N) is 2. The molecule has 0 aliphatic heterocycles. The van der Waals surface area contributed by atoms with Crippen molar-refractivity contribution in [2.45, 2.75) is 34.1 Å². The maximum absolute atomic E-state index is 12.4. The molecular weight excluding hydrogens is 308 g/mol. The predicted octanol–water partition coefficient (Wildman–Crippen LogP) is 2.05. The summed E-state index contributed by atoms with van der Waals surface area (Å²) < 4.78 is 0. The lowest BCUT2D eigenvalue weighted by atomic mass is 10.0. The largest absolute Gasteiger partial charge is 0.480 e. The van der Waals surface area contributed by atoms with Gasteiger partial charge in [-0.2, -0.15) is 0 Å². The van der Waals surface area contributed by atoms with E-state index < -0.39 is 5.97 Å². The van der Waals surface area contributed by atoms with Gasteiger partial charge < -0.3 is 15.7 Å². The molecule has 6 nitrogen and oxygen atoms in total. The summed E-state index contributed by atoms with van der Waals surface area (Å²) in [6.45, 7) is 7.98. The van der Waals surface area contributed by atoms with Crippen LogP contribution in [0, 0.1) is 16.7 Å². The first kappa shape index (κ1) is 18.0. The topological polar surface area (TPSA) is 95.5 Å². The Kier molecular flexibility index (Phi) is 4.69. The van der Waals surface area contributed by atoms with E-state index in [1.807, 2.05) is 0 Å². The third kappa shape index (κ3) is 3.58. The standard InChI is InChI=1S/C18H24N2O4/c1-17(2)15(18(17,3)4)16(24)20-12-7-5-11(6-8-12)9-13(21)19-10-14(22)23/h5-8,15H,9-10H2,1-4H3,(H,19,21)(H,20,24)(H,22,23). The van der Waals surface area contributed by atoms with Crippen LogP contribution in [-0.2, 0) is 20.8 Å². The van der Waals surface area contributed by atoms with Crippen LogP contribution in [0.25, 0.3) is 0 Å². The number of carboxylic acid groups (broad SMARTS) is 1. The fourth-order valence-electron chi connectivity index (χ4n) is 3.19. The Hall–Kier alpha value is -2.37. The fraction of sp³-hybridized carbons (Fsp3) is 0.500. The maximum atomic E-state index is 12.4. The van der Waals surface area contributed by atoms with Gasteiger partial charge in [-0.15, -0.1) is 0 Å². The summed E-state index contributed by atoms with van der Waals surface area (Å²) >= 11 is 0. The van der Waals surface area contributed by atoms with Crippen LogP contribution in [0.4, 0.5) is 5.69 Å². The monoisotopic (exact) mass is 332 g/mol. The van der Waals surface area contributed by atoms with E-state index in [0.717, 1.165) is 5.56 Å². The van der Waals surface area contributed by atoms with Gasteiger partial charge in [-0.3, -0.25) is 14.4 Å². The minimum absolute atomic E-state index is 0.0111. The second-order valence-electron chi connectivity index (χ2n) is 7.41. The summed E-state index contributed by atoms with van der Waals surface area (Å²) in [5.41, 5.74) is 1.41. The van der Waals surface area contributed by atoms with Gasteiger partial charge in [0.25, 0.3) is 0 Å². The molecule has 0 spiro atoms. The minimum atomic E-state index is -1.08. The number of benzene rings is 1. The molecule has 2 rings (SSSR count). The summed E-state index contributed by atoms with van der Waals surface area (Å²) in [4.78, 5) is 34.4. The van der Waals surface area contributed by atoms with Crippen molar-refractivity contribution in [2.75, 3.05) is 11.9 Å². The minimum Gasteiger partial charge on any atom is -0.480 e. The van der Waals surface area contributed by atoms with Crippen molar-refractivity contribution in [3.8, 4) is 0 Å². The summed E-state index contributed by atoms with van der Waals surface area (Å²) in [5, 5.41) is 13.7. The number of carbonyl (C=O) groups is 3. The SMILES string of the molecule is CC1(C)C(C(=O)Nc2ccc(CC(=O)NCC(=O)O)cc2)C1(C)C. The molecule has 0 saturated heterocycles. The average Bonchev–Trinajstić information content (AvgIpc) is 2.88. The molecule has 130 valence electrons. The molecule has 1 fully saturated rings. The van der Waals surface area contributed by atoms with Crippen molar-refractivity contribution in [3.63, 3.8) is 0 Å². The molecule has 1 aliphatic carbocycles. The van der Waals surface area contributed by atoms with E-state index in [0.29, 0.717) is 5.69 Å². The first-order chi connectivity index (χ1) is 11.1. The first-order valence-electron chi connectivity index (χ1n) is 7.94. The molecule has 0 atom stereocenters. The van der Waals surface area contributed by atoms with Crippen molar-refractivity contribution >= 4 is 23.5 Å². The van der Waals surface area contributed by atoms with Gasteiger partial charge >= 0.3 is 5.97 Å². The quantitative estimate of drug-likeness (QED) is 0.743. The van der Waals surface area contributed by atoms with E-state index >= 15 is 0 Å². The molecule has 1 aromatic rings. The van der Waals surface area contributed by atoms with Gasteiger partial charge in [0.15, 0.2) is 0 Å². The number of rotatable bonds is 6. The van der Waals surface area contributed by atoms with Crippen LogP contribution in [-0.4, -0.2) is 29.4 Å². The summed E-state index contributed by atoms with van der Waals surface area (Å²) in [6, 6.07) is 7.00. The van der Waals surface area contributed by atoms with Crippen LogP contribution in [0.3, 0.4) is 0 Å². The Morgan fingerprint density at radius 1 is 1.04 bits per heavy atom. The smallest absolute Gasteiger partial charge is 0.322 e. The normalized spacial score (nSPS) is 17.8. The van der Waals surface area contributed by atoms with Crippen LogP contribution in [0.1, 0.15) is 33.3 Å². The number of anilines is 1. The van der Waals surface area contributed by atoms with E-state index in [1.54, 1.807) is 24.3 Å². The molecule has 1 aliphatic rings. The Bertz CT molecular complexity index is 648. The van der Waals surface area contributed by atoms with E-state index in [1.165, 1.54) is 0 Å². The van der Waals surface area contributed by atoms with E-state index in [2.05, 4.69) is 38.3 Å². The van der Waals surface area contributed by atoms with Gasteiger partial charge in [-0.25, -0.2) is 0 Å². The zero-order chi connectivity index (χ0) is 18.1. The van der Waals surface area contributed by atoms with Crippen LogP contribution < -0.4 is 10.6 Å². The molecule has 0 unspecified atom stereocenters. The lowest BCUT2D eigenvalue weighted by Crippen LogP contribution is -2.30. The second-order valence-corrected chi connectivity index (χ2v) is 7.41. The molecular formula is C18H24N2O4. The number of hydrogen-bond donors (Lipinski definition) is 3. The number of amides is 2. The van der Waals surface area contributed by atoms with E-state index in [9.17, 15) is 14.4 Å². The first-order valence-corrected chi connectivity index (χ1v) is 7.94. The second kappa shape index (κ2) is 6.26. The molecule has 0 bridgehead atoms. The highest BCUT2D eigenvalue weighted by molar-refractivity contribution is 5.96. The molecule has 6 heteroatoms. The van der Waals surface area contributed by atoms with Crippen LogP contribution in [0.5, 0.6) is 0 Å². The highest BCUT2D eigenvalue weighted by Crippen LogP contribution is 2.68. The summed E-state index contributed by atoms with van der Waals surface area (Å²) in [5.74, 6) is -1.44. The molecule has 1 aromatic carbocycles. The maximum Gasteiger partial charge on any atom is 0.322 e. The van der Waals surface area contributed by atoms with Crippen molar-refractivity contribution in [1.82, 2.24) is 5.32 Å². The number of aliphatic carboxylic acids is 1. The molecule has 3 N–H and O–H groups in total. The van der Waals surface area contributed by atoms with E-state index in [4.69, 9.17) is 5.11 Å². The Morgan fingerprint density at radius 2 is 1.58 bits per heavy atom. The van der Waals surface area contributed by atoms with E-state index in [-0.39, 0.29) is 41.5 Å². The summed E-state index contributed by atoms with van der Waals surface area (Å²) in [7, 11) is 0. The van der Waals surface area contributed by atoms with Gasteiger partial charge in [0, 0.05) is 11.6 Å². The van der Waals surface area contributed by atoms with Gasteiger partial charge in [-0.05, 0) is 28.5 Å². The van der Waals surface area contributed by atoms with Gasteiger partial charge in [-0.1, -0.05) is 39.8 Å².